The number of hydrogen-bond acceptors (Lipinski definition) is 3. The maximum absolute atomic E-state index is 11.8. The minimum Gasteiger partial charge on any atom is -0.355 e. The first-order valence-electron chi connectivity index (χ1n) is 7.97. The zero-order chi connectivity index (χ0) is 17.3. The van der Waals surface area contributed by atoms with Crippen molar-refractivity contribution in [2.24, 2.45) is 10.9 Å². The summed E-state index contributed by atoms with van der Waals surface area (Å²) in [5, 5.41) is 9.25. The highest BCUT2D eigenvalue weighted by atomic mass is 127. The van der Waals surface area contributed by atoms with Crippen LogP contribution in [0.3, 0.4) is 0 Å². The first-order valence-corrected chi connectivity index (χ1v) is 7.97. The van der Waals surface area contributed by atoms with Crippen molar-refractivity contribution < 1.29 is 4.79 Å². The molecule has 1 unspecified atom stereocenters. The fourth-order valence-electron chi connectivity index (χ4n) is 2.08. The Morgan fingerprint density at radius 3 is 2.13 bits per heavy atom. The highest BCUT2D eigenvalue weighted by Crippen LogP contribution is 2.07. The molecule has 0 rings (SSSR count). The maximum atomic E-state index is 11.8. The molecular formula is C16H36IN5O. The van der Waals surface area contributed by atoms with Gasteiger partial charge in [0.1, 0.15) is 0 Å². The van der Waals surface area contributed by atoms with Gasteiger partial charge in [-0.3, -0.25) is 9.79 Å². The number of nitrogens with zero attached hydrogens (tertiary/aromatic N) is 2. The second-order valence-electron chi connectivity index (χ2n) is 7.35. The molecule has 138 valence electrons. The second-order valence-corrected chi connectivity index (χ2v) is 7.35. The largest absolute Gasteiger partial charge is 0.355 e. The van der Waals surface area contributed by atoms with Gasteiger partial charge in [-0.25, -0.2) is 0 Å². The van der Waals surface area contributed by atoms with Gasteiger partial charge in [-0.1, -0.05) is 13.8 Å². The maximum Gasteiger partial charge on any atom is 0.239 e. The Morgan fingerprint density at radius 1 is 1.17 bits per heavy atom. The van der Waals surface area contributed by atoms with Gasteiger partial charge in [-0.15, -0.1) is 24.0 Å². The van der Waals surface area contributed by atoms with Crippen molar-refractivity contribution in [2.75, 3.05) is 34.2 Å². The highest BCUT2D eigenvalue weighted by Gasteiger charge is 2.15. The lowest BCUT2D eigenvalue weighted by Crippen LogP contribution is -2.50. The van der Waals surface area contributed by atoms with Crippen LogP contribution in [0.1, 0.15) is 41.0 Å². The fourth-order valence-corrected chi connectivity index (χ4v) is 2.08. The van der Waals surface area contributed by atoms with E-state index in [4.69, 9.17) is 0 Å². The van der Waals surface area contributed by atoms with Gasteiger partial charge in [0.2, 0.25) is 5.91 Å². The molecule has 0 saturated heterocycles. The molecule has 6 nitrogen and oxygen atoms in total. The van der Waals surface area contributed by atoms with Gasteiger partial charge in [0.05, 0.1) is 6.54 Å². The van der Waals surface area contributed by atoms with Gasteiger partial charge in [0.15, 0.2) is 5.96 Å². The summed E-state index contributed by atoms with van der Waals surface area (Å²) < 4.78 is 0. The first-order chi connectivity index (χ1) is 10.0. The number of rotatable bonds is 7. The van der Waals surface area contributed by atoms with E-state index in [9.17, 15) is 4.79 Å². The van der Waals surface area contributed by atoms with Crippen LogP contribution in [0.2, 0.25) is 0 Å². The number of halogens is 1. The van der Waals surface area contributed by atoms with Gasteiger partial charge >= 0.3 is 0 Å². The Balaban J connectivity index is 0. The van der Waals surface area contributed by atoms with Gasteiger partial charge in [-0.2, -0.15) is 0 Å². The van der Waals surface area contributed by atoms with Crippen LogP contribution < -0.4 is 16.0 Å². The molecule has 7 heteroatoms. The zero-order valence-corrected chi connectivity index (χ0v) is 18.3. The molecule has 1 atom stereocenters. The van der Waals surface area contributed by atoms with Crippen molar-refractivity contribution >= 4 is 35.8 Å². The van der Waals surface area contributed by atoms with E-state index in [1.807, 2.05) is 20.8 Å². The average molecular weight is 441 g/mol. The molecule has 0 radical (unpaired) electrons. The van der Waals surface area contributed by atoms with Crippen LogP contribution in [-0.4, -0.2) is 62.6 Å². The Hall–Kier alpha value is -0.570. The van der Waals surface area contributed by atoms with Crippen LogP contribution in [-0.2, 0) is 4.79 Å². The molecule has 0 aliphatic rings. The molecule has 0 spiro atoms. The summed E-state index contributed by atoms with van der Waals surface area (Å²) >= 11 is 0. The normalized spacial score (nSPS) is 13.6. The summed E-state index contributed by atoms with van der Waals surface area (Å²) in [5.74, 6) is 1.25. The molecule has 0 aliphatic heterocycles. The summed E-state index contributed by atoms with van der Waals surface area (Å²) in [6.07, 6.45) is 1.11. The molecule has 23 heavy (non-hydrogen) atoms. The van der Waals surface area contributed by atoms with E-state index in [1.165, 1.54) is 0 Å². The van der Waals surface area contributed by atoms with Gasteiger partial charge in [0.25, 0.3) is 0 Å². The van der Waals surface area contributed by atoms with Gasteiger partial charge in [0, 0.05) is 25.2 Å². The summed E-state index contributed by atoms with van der Waals surface area (Å²) in [6, 6.07) is 0.432. The summed E-state index contributed by atoms with van der Waals surface area (Å²) in [7, 11) is 5.88. The quantitative estimate of drug-likeness (QED) is 0.320. The number of hydrogen-bond donors (Lipinski definition) is 3. The van der Waals surface area contributed by atoms with Crippen LogP contribution in [0, 0.1) is 5.92 Å². The number of aliphatic imine (C=N–C) groups is 1. The van der Waals surface area contributed by atoms with Crippen LogP contribution in [0.4, 0.5) is 0 Å². The second kappa shape index (κ2) is 11.9. The lowest BCUT2D eigenvalue weighted by atomic mass is 10.0. The molecule has 0 aromatic heterocycles. The van der Waals surface area contributed by atoms with Crippen LogP contribution in [0.5, 0.6) is 0 Å². The van der Waals surface area contributed by atoms with E-state index in [2.05, 4.69) is 53.8 Å². The van der Waals surface area contributed by atoms with Crippen molar-refractivity contribution in [3.05, 3.63) is 0 Å². The van der Waals surface area contributed by atoms with E-state index in [1.54, 1.807) is 7.05 Å². The molecule has 0 aromatic rings. The van der Waals surface area contributed by atoms with Crippen molar-refractivity contribution in [1.29, 1.82) is 0 Å². The number of carbonyl (C=O) groups excluding carboxylic acids is 1. The fraction of sp³-hybridized carbons (Fsp3) is 0.875. The van der Waals surface area contributed by atoms with Gasteiger partial charge < -0.3 is 20.9 Å². The van der Waals surface area contributed by atoms with Crippen molar-refractivity contribution in [3.63, 3.8) is 0 Å². The molecule has 3 N–H and O–H groups in total. The first kappa shape index (κ1) is 24.7. The predicted molar refractivity (Wildman–Crippen MR) is 110 cm³/mol. The smallest absolute Gasteiger partial charge is 0.239 e. The van der Waals surface area contributed by atoms with Crippen molar-refractivity contribution in [3.8, 4) is 0 Å². The van der Waals surface area contributed by atoms with Crippen molar-refractivity contribution in [2.45, 2.75) is 52.6 Å². The van der Waals surface area contributed by atoms with Crippen LogP contribution in [0.15, 0.2) is 4.99 Å². The number of likely N-dealkylation sites (N-methyl/N-ethyl adjacent to an activating group) is 1. The minimum atomic E-state index is -0.219. The Morgan fingerprint density at radius 2 is 1.74 bits per heavy atom. The lowest BCUT2D eigenvalue weighted by molar-refractivity contribution is -0.121. The molecule has 1 amide bonds. The number of nitrogens with one attached hydrogen (secondary N) is 3. The predicted octanol–water partition coefficient (Wildman–Crippen LogP) is 1.66. The molecule has 0 saturated carbocycles. The summed E-state index contributed by atoms with van der Waals surface area (Å²) in [6.45, 7) is 11.4. The van der Waals surface area contributed by atoms with E-state index < -0.39 is 0 Å². The van der Waals surface area contributed by atoms with Gasteiger partial charge in [-0.05, 0) is 47.2 Å². The standard InChI is InChI=1S/C16H35N5O.HI/c1-12(2)9-13(21(7)8)10-18-15(17-6)19-11-14(22)20-16(3,4)5;/h12-13H,9-11H2,1-8H3,(H,20,22)(H2,17,18,19);1H. The third-order valence-corrected chi connectivity index (χ3v) is 3.13. The summed E-state index contributed by atoms with van der Waals surface area (Å²) in [5.41, 5.74) is -0.219. The van der Waals surface area contributed by atoms with E-state index in [0.29, 0.717) is 17.9 Å². The molecule has 0 bridgehead atoms. The SMILES string of the molecule is CN=C(NCC(=O)NC(C)(C)C)NCC(CC(C)C)N(C)C.I. The molecule has 0 aliphatic carbocycles. The van der Waals surface area contributed by atoms with Crippen LogP contribution in [0.25, 0.3) is 0 Å². The van der Waals surface area contributed by atoms with E-state index >= 15 is 0 Å². The molecule has 0 fully saturated rings. The Bertz CT molecular complexity index is 364. The third-order valence-electron chi connectivity index (χ3n) is 3.13. The van der Waals surface area contributed by atoms with Crippen molar-refractivity contribution in [1.82, 2.24) is 20.9 Å². The number of carbonyl (C=O) groups is 1. The van der Waals surface area contributed by atoms with E-state index in [-0.39, 0.29) is 42.0 Å². The highest BCUT2D eigenvalue weighted by molar-refractivity contribution is 14.0. The monoisotopic (exact) mass is 441 g/mol. The lowest BCUT2D eigenvalue weighted by Gasteiger charge is -2.27. The average Bonchev–Trinajstić information content (AvgIpc) is 2.34. The van der Waals surface area contributed by atoms with E-state index in [0.717, 1.165) is 13.0 Å². The number of guanidine groups is 1. The molecular weight excluding hydrogens is 405 g/mol. The third kappa shape index (κ3) is 13.6. The van der Waals surface area contributed by atoms with Crippen LogP contribution >= 0.6 is 24.0 Å². The topological polar surface area (TPSA) is 68.8 Å². The Labute approximate surface area is 159 Å². The summed E-state index contributed by atoms with van der Waals surface area (Å²) in [4.78, 5) is 18.2. The minimum absolute atomic E-state index is 0. The zero-order valence-electron chi connectivity index (χ0n) is 16.0. The number of amides is 1. The molecule has 0 aromatic carbocycles. The Kier molecular flexibility index (Phi) is 12.8. The molecule has 0 heterocycles.